The molecular weight excluding hydrogens is 228 g/mol. The number of rotatable bonds is 3. The summed E-state index contributed by atoms with van der Waals surface area (Å²) < 4.78 is 5.34. The summed E-state index contributed by atoms with van der Waals surface area (Å²) in [5, 5.41) is 0. The van der Waals surface area contributed by atoms with Gasteiger partial charge in [0, 0.05) is 25.6 Å². The monoisotopic (exact) mass is 250 g/mol. The summed E-state index contributed by atoms with van der Waals surface area (Å²) in [6.07, 6.45) is 4.39. The zero-order chi connectivity index (χ0) is 13.1. The molecule has 2 rings (SSSR count). The Hall–Kier alpha value is -1.29. The number of furan rings is 1. The van der Waals surface area contributed by atoms with E-state index in [1.807, 2.05) is 11.8 Å². The van der Waals surface area contributed by atoms with Crippen LogP contribution in [0.2, 0.25) is 0 Å². The molecule has 100 valence electrons. The van der Waals surface area contributed by atoms with E-state index in [0.717, 1.165) is 31.6 Å². The Balaban J connectivity index is 2.17. The van der Waals surface area contributed by atoms with Gasteiger partial charge in [-0.25, -0.2) is 0 Å². The van der Waals surface area contributed by atoms with E-state index >= 15 is 0 Å². The Morgan fingerprint density at radius 2 is 2.39 bits per heavy atom. The number of nitrogens with zero attached hydrogens (tertiary/aromatic N) is 1. The van der Waals surface area contributed by atoms with Crippen LogP contribution in [0.15, 0.2) is 16.7 Å². The van der Waals surface area contributed by atoms with E-state index in [9.17, 15) is 4.79 Å². The Morgan fingerprint density at radius 1 is 1.61 bits per heavy atom. The highest BCUT2D eigenvalue weighted by molar-refractivity contribution is 5.95. The second-order valence-electron chi connectivity index (χ2n) is 5.13. The van der Waals surface area contributed by atoms with Crippen LogP contribution in [0.25, 0.3) is 0 Å². The molecule has 1 saturated heterocycles. The van der Waals surface area contributed by atoms with Gasteiger partial charge in [0.15, 0.2) is 0 Å². The smallest absolute Gasteiger partial charge is 0.257 e. The highest BCUT2D eigenvalue weighted by Crippen LogP contribution is 2.25. The van der Waals surface area contributed by atoms with Gasteiger partial charge < -0.3 is 15.1 Å². The van der Waals surface area contributed by atoms with Gasteiger partial charge in [-0.15, -0.1) is 0 Å². The molecule has 1 aliphatic heterocycles. The summed E-state index contributed by atoms with van der Waals surface area (Å²) in [6.45, 7) is 5.56. The molecule has 1 amide bonds. The predicted molar refractivity (Wildman–Crippen MR) is 70.4 cm³/mol. The summed E-state index contributed by atoms with van der Waals surface area (Å²) in [4.78, 5) is 14.4. The number of amides is 1. The topological polar surface area (TPSA) is 59.5 Å². The minimum Gasteiger partial charge on any atom is -0.469 e. The third-order valence-electron chi connectivity index (χ3n) is 3.81. The van der Waals surface area contributed by atoms with Crippen molar-refractivity contribution in [2.45, 2.75) is 39.2 Å². The average Bonchev–Trinajstić information content (AvgIpc) is 2.86. The summed E-state index contributed by atoms with van der Waals surface area (Å²) in [7, 11) is 0. The van der Waals surface area contributed by atoms with Crippen molar-refractivity contribution in [2.24, 2.45) is 11.7 Å². The Labute approximate surface area is 108 Å². The van der Waals surface area contributed by atoms with Crippen molar-refractivity contribution in [3.05, 3.63) is 23.7 Å². The van der Waals surface area contributed by atoms with Gasteiger partial charge in [0.05, 0.1) is 11.8 Å². The van der Waals surface area contributed by atoms with E-state index < -0.39 is 0 Å². The lowest BCUT2D eigenvalue weighted by atomic mass is 9.92. The molecule has 0 aromatic carbocycles. The lowest BCUT2D eigenvalue weighted by Crippen LogP contribution is -2.49. The molecule has 1 aliphatic rings. The molecule has 0 bridgehead atoms. The summed E-state index contributed by atoms with van der Waals surface area (Å²) in [6, 6.07) is 1.94. The Kier molecular flexibility index (Phi) is 4.07. The van der Waals surface area contributed by atoms with E-state index in [-0.39, 0.29) is 11.9 Å². The van der Waals surface area contributed by atoms with Gasteiger partial charge in [-0.3, -0.25) is 4.79 Å². The van der Waals surface area contributed by atoms with Crippen LogP contribution in [-0.4, -0.2) is 29.9 Å². The Bertz CT molecular complexity index is 414. The van der Waals surface area contributed by atoms with Crippen molar-refractivity contribution >= 4 is 5.91 Å². The number of hydrogen-bond donors (Lipinski definition) is 1. The predicted octanol–water partition coefficient (Wildman–Crippen LogP) is 2.04. The van der Waals surface area contributed by atoms with Crippen LogP contribution in [0.1, 0.15) is 42.8 Å². The lowest BCUT2D eigenvalue weighted by molar-refractivity contribution is 0.0571. The van der Waals surface area contributed by atoms with Crippen LogP contribution in [0.4, 0.5) is 0 Å². The molecule has 4 nitrogen and oxygen atoms in total. The van der Waals surface area contributed by atoms with Gasteiger partial charge in [-0.05, 0) is 24.8 Å². The molecule has 1 fully saturated rings. The third-order valence-corrected chi connectivity index (χ3v) is 3.81. The molecule has 0 saturated carbocycles. The molecule has 0 aliphatic carbocycles. The van der Waals surface area contributed by atoms with Gasteiger partial charge in [0.1, 0.15) is 5.76 Å². The minimum atomic E-state index is 0.0722. The van der Waals surface area contributed by atoms with Gasteiger partial charge >= 0.3 is 0 Å². The number of nitrogens with two attached hydrogens (primary N) is 1. The van der Waals surface area contributed by atoms with Gasteiger partial charge in [0.25, 0.3) is 5.91 Å². The maximum absolute atomic E-state index is 12.5. The minimum absolute atomic E-state index is 0.0722. The molecule has 2 heterocycles. The number of carbonyl (C=O) groups excluding carboxylic acids is 1. The van der Waals surface area contributed by atoms with E-state index in [0.29, 0.717) is 18.0 Å². The molecule has 0 radical (unpaired) electrons. The van der Waals surface area contributed by atoms with Crippen LogP contribution < -0.4 is 5.73 Å². The molecule has 0 spiro atoms. The highest BCUT2D eigenvalue weighted by atomic mass is 16.3. The highest BCUT2D eigenvalue weighted by Gasteiger charge is 2.30. The van der Waals surface area contributed by atoms with Crippen LogP contribution >= 0.6 is 0 Å². The first-order chi connectivity index (χ1) is 8.67. The second-order valence-corrected chi connectivity index (χ2v) is 5.13. The maximum atomic E-state index is 12.5. The molecule has 2 unspecified atom stereocenters. The molecular formula is C14H22N2O2. The van der Waals surface area contributed by atoms with Crippen LogP contribution in [0, 0.1) is 5.92 Å². The zero-order valence-corrected chi connectivity index (χ0v) is 11.2. The third kappa shape index (κ3) is 2.43. The van der Waals surface area contributed by atoms with E-state index in [2.05, 4.69) is 6.92 Å². The lowest BCUT2D eigenvalue weighted by Gasteiger charge is -2.38. The number of aryl methyl sites for hydroxylation is 1. The van der Waals surface area contributed by atoms with Crippen molar-refractivity contribution in [3.63, 3.8) is 0 Å². The van der Waals surface area contributed by atoms with E-state index in [1.54, 1.807) is 12.3 Å². The van der Waals surface area contributed by atoms with E-state index in [1.165, 1.54) is 0 Å². The first-order valence-electron chi connectivity index (χ1n) is 6.74. The molecule has 1 aromatic rings. The van der Waals surface area contributed by atoms with Crippen molar-refractivity contribution in [2.75, 3.05) is 13.1 Å². The van der Waals surface area contributed by atoms with Crippen molar-refractivity contribution in [1.82, 2.24) is 4.90 Å². The van der Waals surface area contributed by atoms with Crippen LogP contribution in [0.3, 0.4) is 0 Å². The van der Waals surface area contributed by atoms with Gasteiger partial charge in [-0.1, -0.05) is 13.8 Å². The fraction of sp³-hybridized carbons (Fsp3) is 0.643. The van der Waals surface area contributed by atoms with Crippen LogP contribution in [0.5, 0.6) is 0 Å². The van der Waals surface area contributed by atoms with Crippen molar-refractivity contribution < 1.29 is 9.21 Å². The van der Waals surface area contributed by atoms with E-state index in [4.69, 9.17) is 10.2 Å². The van der Waals surface area contributed by atoms with Crippen LogP contribution in [-0.2, 0) is 6.42 Å². The summed E-state index contributed by atoms with van der Waals surface area (Å²) in [5.41, 5.74) is 6.50. The molecule has 2 N–H and O–H groups in total. The summed E-state index contributed by atoms with van der Waals surface area (Å²) >= 11 is 0. The van der Waals surface area contributed by atoms with Crippen molar-refractivity contribution in [3.8, 4) is 0 Å². The summed E-state index contributed by atoms with van der Waals surface area (Å²) in [5.74, 6) is 1.50. The van der Waals surface area contributed by atoms with Gasteiger partial charge in [-0.2, -0.15) is 0 Å². The normalized spacial score (nSPS) is 24.3. The maximum Gasteiger partial charge on any atom is 0.257 e. The molecule has 1 aromatic heterocycles. The first-order valence-corrected chi connectivity index (χ1v) is 6.74. The Morgan fingerprint density at radius 3 is 3.06 bits per heavy atom. The second kappa shape index (κ2) is 5.57. The molecule has 2 atom stereocenters. The number of likely N-dealkylation sites (tertiary alicyclic amines) is 1. The first kappa shape index (κ1) is 13.1. The number of hydrogen-bond acceptors (Lipinski definition) is 3. The SMILES string of the molecule is CCc1occc1C(=O)N1CCC(C)CC1CN. The number of piperidine rings is 1. The fourth-order valence-corrected chi connectivity index (χ4v) is 2.70. The standard InChI is InChI=1S/C14H22N2O2/c1-3-13-12(5-7-18-13)14(17)16-6-4-10(2)8-11(16)9-15/h5,7,10-11H,3-4,6,8-9,15H2,1-2H3. The molecule has 4 heteroatoms. The quantitative estimate of drug-likeness (QED) is 0.893. The molecule has 18 heavy (non-hydrogen) atoms. The van der Waals surface area contributed by atoms with Crippen molar-refractivity contribution in [1.29, 1.82) is 0 Å². The van der Waals surface area contributed by atoms with Gasteiger partial charge in [0.2, 0.25) is 0 Å². The zero-order valence-electron chi connectivity index (χ0n) is 11.2. The number of carbonyl (C=O) groups is 1. The fourth-order valence-electron chi connectivity index (χ4n) is 2.70. The average molecular weight is 250 g/mol. The largest absolute Gasteiger partial charge is 0.469 e.